The highest BCUT2D eigenvalue weighted by Gasteiger charge is 2.25. The Bertz CT molecular complexity index is 1070. The lowest BCUT2D eigenvalue weighted by molar-refractivity contribution is 0.0933. The summed E-state index contributed by atoms with van der Waals surface area (Å²) in [7, 11) is 1.55. The van der Waals surface area contributed by atoms with Gasteiger partial charge in [-0.25, -0.2) is 4.98 Å². The fourth-order valence-electron chi connectivity index (χ4n) is 3.72. The van der Waals surface area contributed by atoms with Crippen LogP contribution in [0.5, 0.6) is 5.75 Å². The number of rotatable bonds is 5. The summed E-state index contributed by atoms with van der Waals surface area (Å²) in [5.41, 5.74) is 2.37. The van der Waals surface area contributed by atoms with E-state index in [0.717, 1.165) is 31.2 Å². The van der Waals surface area contributed by atoms with Gasteiger partial charge in [0.05, 0.1) is 7.11 Å². The second-order valence-electron chi connectivity index (χ2n) is 7.38. The Hall–Kier alpha value is -3.35. The molecular weight excluding hydrogens is 368 g/mol. The van der Waals surface area contributed by atoms with Gasteiger partial charge in [-0.3, -0.25) is 14.0 Å². The molecule has 1 aromatic carbocycles. The van der Waals surface area contributed by atoms with Gasteiger partial charge in [0.25, 0.3) is 11.8 Å². The maximum absolute atomic E-state index is 13.1. The lowest BCUT2D eigenvalue weighted by Crippen LogP contribution is -2.34. The molecule has 3 aromatic rings. The first-order valence-electron chi connectivity index (χ1n) is 9.80. The maximum Gasteiger partial charge on any atom is 0.272 e. The van der Waals surface area contributed by atoms with Crippen molar-refractivity contribution in [2.75, 3.05) is 12.4 Å². The van der Waals surface area contributed by atoms with Gasteiger partial charge in [-0.1, -0.05) is 25.0 Å². The Labute approximate surface area is 169 Å². The first-order chi connectivity index (χ1) is 14.0. The van der Waals surface area contributed by atoms with Gasteiger partial charge in [-0.2, -0.15) is 0 Å². The van der Waals surface area contributed by atoms with Crippen molar-refractivity contribution in [1.82, 2.24) is 14.7 Å². The summed E-state index contributed by atoms with van der Waals surface area (Å²) in [5.74, 6) is 0.260. The molecule has 0 unspecified atom stereocenters. The zero-order valence-electron chi connectivity index (χ0n) is 16.6. The van der Waals surface area contributed by atoms with Gasteiger partial charge in [0.15, 0.2) is 11.5 Å². The number of nitrogens with zero attached hydrogens (tertiary/aromatic N) is 2. The third-order valence-electron chi connectivity index (χ3n) is 5.24. The summed E-state index contributed by atoms with van der Waals surface area (Å²) in [6, 6.07) is 10.8. The number of nitrogens with one attached hydrogen (secondary N) is 2. The number of pyridine rings is 1. The molecule has 0 aliphatic heterocycles. The van der Waals surface area contributed by atoms with Crippen LogP contribution in [0.1, 0.15) is 52.1 Å². The molecule has 4 rings (SSSR count). The molecule has 0 bridgehead atoms. The number of fused-ring (bicyclic) bond motifs is 1. The summed E-state index contributed by atoms with van der Waals surface area (Å²) >= 11 is 0. The molecule has 1 fully saturated rings. The number of anilines is 1. The van der Waals surface area contributed by atoms with Crippen molar-refractivity contribution >= 4 is 23.3 Å². The first-order valence-corrected chi connectivity index (χ1v) is 9.80. The molecule has 2 amide bonds. The molecule has 0 radical (unpaired) electrons. The van der Waals surface area contributed by atoms with Crippen molar-refractivity contribution in [3.8, 4) is 5.75 Å². The quantitative estimate of drug-likeness (QED) is 0.695. The van der Waals surface area contributed by atoms with E-state index in [4.69, 9.17) is 4.74 Å². The van der Waals surface area contributed by atoms with E-state index in [-0.39, 0.29) is 23.7 Å². The van der Waals surface area contributed by atoms with E-state index in [2.05, 4.69) is 15.6 Å². The number of ether oxygens (including phenoxy) is 1. The van der Waals surface area contributed by atoms with Crippen LogP contribution < -0.4 is 15.4 Å². The second-order valence-corrected chi connectivity index (χ2v) is 7.38. The molecule has 2 N–H and O–H groups in total. The normalized spacial score (nSPS) is 14.1. The summed E-state index contributed by atoms with van der Waals surface area (Å²) in [6.07, 6.45) is 6.06. The van der Waals surface area contributed by atoms with Crippen LogP contribution in [-0.4, -0.2) is 34.4 Å². The molecule has 2 aromatic heterocycles. The van der Waals surface area contributed by atoms with Gasteiger partial charge in [0, 0.05) is 17.8 Å². The number of hydrogen-bond acceptors (Lipinski definition) is 4. The van der Waals surface area contributed by atoms with Crippen LogP contribution in [0.25, 0.3) is 5.65 Å². The highest BCUT2D eigenvalue weighted by Crippen LogP contribution is 2.23. The molecule has 2 heterocycles. The van der Waals surface area contributed by atoms with Crippen molar-refractivity contribution in [3.63, 3.8) is 0 Å². The van der Waals surface area contributed by atoms with Crippen molar-refractivity contribution < 1.29 is 14.3 Å². The van der Waals surface area contributed by atoms with E-state index < -0.39 is 0 Å². The Morgan fingerprint density at radius 2 is 1.93 bits per heavy atom. The van der Waals surface area contributed by atoms with Gasteiger partial charge >= 0.3 is 0 Å². The fraction of sp³-hybridized carbons (Fsp3) is 0.318. The summed E-state index contributed by atoms with van der Waals surface area (Å²) in [6.45, 7) is 1.95. The number of aryl methyl sites for hydroxylation is 1. The molecule has 7 heteroatoms. The smallest absolute Gasteiger partial charge is 0.272 e. The van der Waals surface area contributed by atoms with E-state index in [0.29, 0.717) is 22.7 Å². The molecule has 1 aliphatic rings. The lowest BCUT2D eigenvalue weighted by Gasteiger charge is -2.13. The topological polar surface area (TPSA) is 84.7 Å². The number of amides is 2. The average molecular weight is 392 g/mol. The molecule has 0 atom stereocenters. The summed E-state index contributed by atoms with van der Waals surface area (Å²) in [4.78, 5) is 30.4. The zero-order chi connectivity index (χ0) is 20.4. The predicted octanol–water partition coefficient (Wildman–Crippen LogP) is 3.58. The number of imidazole rings is 1. The van der Waals surface area contributed by atoms with E-state index in [1.165, 1.54) is 0 Å². The third-order valence-corrected chi connectivity index (χ3v) is 5.24. The van der Waals surface area contributed by atoms with Crippen LogP contribution in [0.2, 0.25) is 0 Å². The fourth-order valence-corrected chi connectivity index (χ4v) is 3.72. The van der Waals surface area contributed by atoms with E-state index in [1.807, 2.05) is 25.3 Å². The first kappa shape index (κ1) is 19.0. The predicted molar refractivity (Wildman–Crippen MR) is 111 cm³/mol. The van der Waals surface area contributed by atoms with Gasteiger partial charge in [-0.15, -0.1) is 0 Å². The number of carbonyl (C=O) groups excluding carboxylic acids is 2. The Kier molecular flexibility index (Phi) is 5.20. The molecule has 7 nitrogen and oxygen atoms in total. The minimum atomic E-state index is -0.348. The third kappa shape index (κ3) is 3.94. The SMILES string of the molecule is COc1cccc(C(=O)Nc2nc3ccc(C)cn3c2C(=O)NC2CCCC2)c1. The lowest BCUT2D eigenvalue weighted by atomic mass is 10.2. The molecule has 0 spiro atoms. The Morgan fingerprint density at radius 3 is 2.69 bits per heavy atom. The minimum Gasteiger partial charge on any atom is -0.497 e. The van der Waals surface area contributed by atoms with Crippen LogP contribution in [0.3, 0.4) is 0 Å². The van der Waals surface area contributed by atoms with Gasteiger partial charge in [0.1, 0.15) is 11.4 Å². The van der Waals surface area contributed by atoms with E-state index >= 15 is 0 Å². The monoisotopic (exact) mass is 392 g/mol. The molecule has 0 saturated heterocycles. The zero-order valence-corrected chi connectivity index (χ0v) is 16.6. The van der Waals surface area contributed by atoms with Crippen molar-refractivity contribution in [3.05, 3.63) is 59.4 Å². The van der Waals surface area contributed by atoms with Crippen LogP contribution in [0.15, 0.2) is 42.6 Å². The molecular formula is C22H24N4O3. The number of benzene rings is 1. The Balaban J connectivity index is 1.68. The second kappa shape index (κ2) is 7.95. The minimum absolute atomic E-state index is 0.166. The molecule has 1 saturated carbocycles. The van der Waals surface area contributed by atoms with Gasteiger partial charge < -0.3 is 15.4 Å². The van der Waals surface area contributed by atoms with Crippen LogP contribution in [0.4, 0.5) is 5.82 Å². The number of carbonyl (C=O) groups is 2. The largest absolute Gasteiger partial charge is 0.497 e. The summed E-state index contributed by atoms with van der Waals surface area (Å²) < 4.78 is 6.93. The van der Waals surface area contributed by atoms with Gasteiger partial charge in [-0.05, 0) is 49.6 Å². The van der Waals surface area contributed by atoms with Gasteiger partial charge in [0.2, 0.25) is 0 Å². The van der Waals surface area contributed by atoms with Crippen LogP contribution >= 0.6 is 0 Å². The van der Waals surface area contributed by atoms with E-state index in [1.54, 1.807) is 35.8 Å². The standard InChI is InChI=1S/C22H24N4O3/c1-14-10-11-18-24-20(25-21(27)15-6-5-9-17(12-15)29-2)19(26(18)13-14)22(28)23-16-7-3-4-8-16/h5-6,9-13,16H,3-4,7-8H2,1-2H3,(H,23,28)(H,25,27). The number of aromatic nitrogens is 2. The van der Waals surface area contributed by atoms with Crippen LogP contribution in [0, 0.1) is 6.92 Å². The average Bonchev–Trinajstić information content (AvgIpc) is 3.35. The highest BCUT2D eigenvalue weighted by molar-refractivity contribution is 6.08. The maximum atomic E-state index is 13.1. The highest BCUT2D eigenvalue weighted by atomic mass is 16.5. The molecule has 29 heavy (non-hydrogen) atoms. The number of hydrogen-bond donors (Lipinski definition) is 2. The van der Waals surface area contributed by atoms with Crippen molar-refractivity contribution in [2.24, 2.45) is 0 Å². The Morgan fingerprint density at radius 1 is 1.14 bits per heavy atom. The summed E-state index contributed by atoms with van der Waals surface area (Å²) in [5, 5.41) is 5.90. The molecule has 1 aliphatic carbocycles. The number of methoxy groups -OCH3 is 1. The van der Waals surface area contributed by atoms with Crippen molar-refractivity contribution in [2.45, 2.75) is 38.6 Å². The van der Waals surface area contributed by atoms with Crippen LogP contribution in [-0.2, 0) is 0 Å². The van der Waals surface area contributed by atoms with E-state index in [9.17, 15) is 9.59 Å². The van der Waals surface area contributed by atoms with Crippen molar-refractivity contribution in [1.29, 1.82) is 0 Å². The molecule has 150 valence electrons.